The quantitative estimate of drug-likeness (QED) is 0.720. The van der Waals surface area contributed by atoms with E-state index < -0.39 is 0 Å². The lowest BCUT2D eigenvalue weighted by Gasteiger charge is -2.28. The monoisotopic (exact) mass is 186 g/mol. The SMILES string of the molecule is CC[C@H](N)C(=O)N(C)CC(C)(C)C. The van der Waals surface area contributed by atoms with Gasteiger partial charge >= 0.3 is 0 Å². The highest BCUT2D eigenvalue weighted by Gasteiger charge is 2.20. The van der Waals surface area contributed by atoms with Crippen molar-refractivity contribution >= 4 is 5.91 Å². The summed E-state index contributed by atoms with van der Waals surface area (Å²) in [6.45, 7) is 8.99. The molecule has 0 aromatic carbocycles. The first-order chi connectivity index (χ1) is 5.78. The second-order valence-electron chi connectivity index (χ2n) is 4.77. The first-order valence-corrected chi connectivity index (χ1v) is 4.78. The van der Waals surface area contributed by atoms with Crippen LogP contribution in [0.1, 0.15) is 34.1 Å². The van der Waals surface area contributed by atoms with E-state index in [4.69, 9.17) is 5.73 Å². The third-order valence-corrected chi connectivity index (χ3v) is 1.84. The zero-order valence-corrected chi connectivity index (χ0v) is 9.42. The molecule has 0 unspecified atom stereocenters. The van der Waals surface area contributed by atoms with E-state index in [1.807, 2.05) is 14.0 Å². The van der Waals surface area contributed by atoms with Crippen LogP contribution in [0, 0.1) is 5.41 Å². The van der Waals surface area contributed by atoms with Crippen molar-refractivity contribution in [2.24, 2.45) is 11.1 Å². The second kappa shape index (κ2) is 4.61. The summed E-state index contributed by atoms with van der Waals surface area (Å²) >= 11 is 0. The van der Waals surface area contributed by atoms with Crippen molar-refractivity contribution in [3.63, 3.8) is 0 Å². The van der Waals surface area contributed by atoms with Crippen LogP contribution in [-0.4, -0.2) is 30.4 Å². The van der Waals surface area contributed by atoms with Gasteiger partial charge in [-0.1, -0.05) is 27.7 Å². The first-order valence-electron chi connectivity index (χ1n) is 4.78. The molecule has 1 amide bonds. The van der Waals surface area contributed by atoms with Gasteiger partial charge in [0.05, 0.1) is 6.04 Å². The van der Waals surface area contributed by atoms with Gasteiger partial charge in [0.2, 0.25) is 5.91 Å². The fraction of sp³-hybridized carbons (Fsp3) is 0.900. The average Bonchev–Trinajstić information content (AvgIpc) is 1.98. The summed E-state index contributed by atoms with van der Waals surface area (Å²) in [7, 11) is 1.81. The maximum absolute atomic E-state index is 11.6. The summed E-state index contributed by atoms with van der Waals surface area (Å²) in [5.74, 6) is 0.0393. The van der Waals surface area contributed by atoms with Crippen LogP contribution in [0.3, 0.4) is 0 Å². The molecule has 2 N–H and O–H groups in total. The highest BCUT2D eigenvalue weighted by Crippen LogP contribution is 2.14. The van der Waals surface area contributed by atoms with Gasteiger partial charge in [-0.3, -0.25) is 4.79 Å². The lowest BCUT2D eigenvalue weighted by atomic mass is 9.96. The van der Waals surface area contributed by atoms with Crippen molar-refractivity contribution in [1.82, 2.24) is 4.90 Å². The van der Waals surface area contributed by atoms with Crippen molar-refractivity contribution in [3.05, 3.63) is 0 Å². The van der Waals surface area contributed by atoms with Gasteiger partial charge in [0.25, 0.3) is 0 Å². The molecule has 1 atom stereocenters. The molecule has 0 aliphatic heterocycles. The van der Waals surface area contributed by atoms with E-state index in [-0.39, 0.29) is 17.4 Å². The number of nitrogens with two attached hydrogens (primary N) is 1. The van der Waals surface area contributed by atoms with Gasteiger partial charge in [-0.2, -0.15) is 0 Å². The number of carbonyl (C=O) groups is 1. The molecule has 0 aliphatic rings. The lowest BCUT2D eigenvalue weighted by molar-refractivity contribution is -0.132. The predicted molar refractivity (Wildman–Crippen MR) is 55.4 cm³/mol. The van der Waals surface area contributed by atoms with E-state index in [0.717, 1.165) is 6.54 Å². The van der Waals surface area contributed by atoms with Crippen LogP contribution in [0.25, 0.3) is 0 Å². The molecule has 0 saturated heterocycles. The minimum absolute atomic E-state index is 0.0393. The minimum atomic E-state index is -0.340. The van der Waals surface area contributed by atoms with E-state index >= 15 is 0 Å². The molecular formula is C10H22N2O. The third kappa shape index (κ3) is 4.88. The van der Waals surface area contributed by atoms with Crippen molar-refractivity contribution in [2.45, 2.75) is 40.2 Å². The van der Waals surface area contributed by atoms with Gasteiger partial charge in [-0.05, 0) is 11.8 Å². The molecule has 0 aromatic heterocycles. The standard InChI is InChI=1S/C10H22N2O/c1-6-8(11)9(13)12(5)7-10(2,3)4/h8H,6-7,11H2,1-5H3/t8-/m0/s1. The van der Waals surface area contributed by atoms with Crippen LogP contribution in [0.2, 0.25) is 0 Å². The molecule has 13 heavy (non-hydrogen) atoms. The molecule has 3 nitrogen and oxygen atoms in total. The molecule has 0 aliphatic carbocycles. The number of hydrogen-bond acceptors (Lipinski definition) is 2. The van der Waals surface area contributed by atoms with Gasteiger partial charge in [-0.15, -0.1) is 0 Å². The molecule has 3 heteroatoms. The summed E-state index contributed by atoms with van der Waals surface area (Å²) in [6, 6.07) is -0.340. The van der Waals surface area contributed by atoms with E-state index in [9.17, 15) is 4.79 Å². The normalized spacial score (nSPS) is 14.0. The van der Waals surface area contributed by atoms with Gasteiger partial charge in [-0.25, -0.2) is 0 Å². The molecular weight excluding hydrogens is 164 g/mol. The van der Waals surface area contributed by atoms with Gasteiger partial charge in [0.1, 0.15) is 0 Å². The summed E-state index contributed by atoms with van der Waals surface area (Å²) < 4.78 is 0. The Labute approximate surface area is 81.3 Å². The minimum Gasteiger partial charge on any atom is -0.344 e. The number of carbonyl (C=O) groups excluding carboxylic acids is 1. The molecule has 0 saturated carbocycles. The van der Waals surface area contributed by atoms with Crippen molar-refractivity contribution in [1.29, 1.82) is 0 Å². The van der Waals surface area contributed by atoms with E-state index in [1.165, 1.54) is 0 Å². The Bertz CT molecular complexity index is 172. The number of amides is 1. The Balaban J connectivity index is 4.12. The third-order valence-electron chi connectivity index (χ3n) is 1.84. The zero-order valence-electron chi connectivity index (χ0n) is 9.42. The maximum atomic E-state index is 11.6. The maximum Gasteiger partial charge on any atom is 0.239 e. The van der Waals surface area contributed by atoms with Crippen LogP contribution in [0.5, 0.6) is 0 Å². The molecule has 0 bridgehead atoms. The molecule has 78 valence electrons. The van der Waals surface area contributed by atoms with Crippen LogP contribution < -0.4 is 5.73 Å². The highest BCUT2D eigenvalue weighted by molar-refractivity contribution is 5.81. The van der Waals surface area contributed by atoms with Gasteiger partial charge < -0.3 is 10.6 Å². The molecule has 0 radical (unpaired) electrons. The number of hydrogen-bond donors (Lipinski definition) is 1. The van der Waals surface area contributed by atoms with E-state index in [2.05, 4.69) is 20.8 Å². The van der Waals surface area contributed by atoms with Crippen molar-refractivity contribution in [3.8, 4) is 0 Å². The smallest absolute Gasteiger partial charge is 0.239 e. The number of likely N-dealkylation sites (N-methyl/N-ethyl adjacent to an activating group) is 1. The van der Waals surface area contributed by atoms with Gasteiger partial charge in [0, 0.05) is 13.6 Å². The molecule has 0 heterocycles. The fourth-order valence-electron chi connectivity index (χ4n) is 1.25. The molecule has 0 aromatic rings. The van der Waals surface area contributed by atoms with Crippen molar-refractivity contribution < 1.29 is 4.79 Å². The number of nitrogens with zero attached hydrogens (tertiary/aromatic N) is 1. The summed E-state index contributed by atoms with van der Waals surface area (Å²) in [6.07, 6.45) is 0.702. The van der Waals surface area contributed by atoms with Crippen LogP contribution in [0.15, 0.2) is 0 Å². The highest BCUT2D eigenvalue weighted by atomic mass is 16.2. The molecule has 0 rings (SSSR count). The first kappa shape index (κ1) is 12.4. The molecule has 0 spiro atoms. The van der Waals surface area contributed by atoms with E-state index in [1.54, 1.807) is 4.90 Å². The lowest BCUT2D eigenvalue weighted by Crippen LogP contribution is -2.44. The largest absolute Gasteiger partial charge is 0.344 e. The zero-order chi connectivity index (χ0) is 10.6. The Morgan fingerprint density at radius 2 is 1.92 bits per heavy atom. The van der Waals surface area contributed by atoms with Crippen LogP contribution >= 0.6 is 0 Å². The Kier molecular flexibility index (Phi) is 4.40. The molecule has 0 fully saturated rings. The summed E-state index contributed by atoms with van der Waals surface area (Å²) in [4.78, 5) is 13.3. The summed E-state index contributed by atoms with van der Waals surface area (Å²) in [5.41, 5.74) is 5.78. The Morgan fingerprint density at radius 1 is 1.46 bits per heavy atom. The summed E-state index contributed by atoms with van der Waals surface area (Å²) in [5, 5.41) is 0. The average molecular weight is 186 g/mol. The van der Waals surface area contributed by atoms with Crippen LogP contribution in [-0.2, 0) is 4.79 Å². The Hall–Kier alpha value is -0.570. The predicted octanol–water partition coefficient (Wildman–Crippen LogP) is 1.23. The fourth-order valence-corrected chi connectivity index (χ4v) is 1.25. The van der Waals surface area contributed by atoms with Crippen molar-refractivity contribution in [2.75, 3.05) is 13.6 Å². The Morgan fingerprint density at radius 3 is 2.23 bits per heavy atom. The van der Waals surface area contributed by atoms with Crippen LogP contribution in [0.4, 0.5) is 0 Å². The second-order valence-corrected chi connectivity index (χ2v) is 4.77. The van der Waals surface area contributed by atoms with Gasteiger partial charge in [0.15, 0.2) is 0 Å². The topological polar surface area (TPSA) is 46.3 Å². The van der Waals surface area contributed by atoms with E-state index in [0.29, 0.717) is 6.42 Å². The number of rotatable bonds is 3.